The number of carbonyl (C=O) groups is 2. The average Bonchev–Trinajstić information content (AvgIpc) is 2.93. The Kier molecular flexibility index (Phi) is 8.59. The zero-order valence-electron chi connectivity index (χ0n) is 20.6. The number of benzene rings is 2. The molecule has 1 saturated heterocycles. The summed E-state index contributed by atoms with van der Waals surface area (Å²) in [7, 11) is -4.11. The monoisotopic (exact) mass is 563 g/mol. The van der Waals surface area contributed by atoms with Gasteiger partial charge in [0.15, 0.2) is 5.96 Å². The van der Waals surface area contributed by atoms with Gasteiger partial charge in [-0.15, -0.1) is 0 Å². The molecule has 0 spiro atoms. The van der Waals surface area contributed by atoms with Gasteiger partial charge in [0.1, 0.15) is 6.04 Å². The van der Waals surface area contributed by atoms with Crippen LogP contribution in [0.2, 0.25) is 5.02 Å². The first-order chi connectivity index (χ1) is 18.2. The summed E-state index contributed by atoms with van der Waals surface area (Å²) >= 11 is 6.45. The molecule has 1 atom stereocenters. The standard InChI is InChI=1S/C24H30ClN7O5S/c25-20-17(22(33)29-15-18(23(34)35)30-38(36,37)16-5-2-1-3-6-16)7-8-19(21(20)26)31-11-13-32(14-12-31)24-27-9-4-10-28-24/h1-3,5-8,18,30H,4,9-15,26H2,(H,27,28)(H,29,33)(H,34,35)/t18-/m0/s1. The van der Waals surface area contributed by atoms with E-state index in [1.165, 1.54) is 30.3 Å². The molecule has 14 heteroatoms. The zero-order valence-corrected chi connectivity index (χ0v) is 22.1. The Bertz CT molecular complexity index is 1310. The average molecular weight is 564 g/mol. The van der Waals surface area contributed by atoms with E-state index in [0.717, 1.165) is 38.6 Å². The van der Waals surface area contributed by atoms with Crippen molar-refractivity contribution in [1.29, 1.82) is 0 Å². The van der Waals surface area contributed by atoms with Gasteiger partial charge in [0.2, 0.25) is 10.0 Å². The van der Waals surface area contributed by atoms with E-state index < -0.39 is 34.5 Å². The van der Waals surface area contributed by atoms with E-state index in [9.17, 15) is 23.1 Å². The van der Waals surface area contributed by atoms with Gasteiger partial charge in [-0.3, -0.25) is 14.6 Å². The van der Waals surface area contributed by atoms with Crippen LogP contribution in [0.3, 0.4) is 0 Å². The number of aliphatic imine (C=N–C) groups is 1. The van der Waals surface area contributed by atoms with Gasteiger partial charge in [-0.25, -0.2) is 8.42 Å². The van der Waals surface area contributed by atoms with Crippen LogP contribution in [0, 0.1) is 0 Å². The van der Waals surface area contributed by atoms with Crippen molar-refractivity contribution >= 4 is 50.8 Å². The third-order valence-corrected chi connectivity index (χ3v) is 8.21. The Morgan fingerprint density at radius 1 is 1.11 bits per heavy atom. The number of hydrogen-bond acceptors (Lipinski definition) is 9. The highest BCUT2D eigenvalue weighted by atomic mass is 35.5. The maximum absolute atomic E-state index is 12.8. The maximum atomic E-state index is 12.8. The van der Waals surface area contributed by atoms with E-state index in [1.54, 1.807) is 12.1 Å². The van der Waals surface area contributed by atoms with E-state index in [1.807, 2.05) is 0 Å². The topological polar surface area (TPSA) is 169 Å². The fourth-order valence-corrected chi connectivity index (χ4v) is 5.71. The Morgan fingerprint density at radius 2 is 1.79 bits per heavy atom. The van der Waals surface area contributed by atoms with Crippen molar-refractivity contribution in [2.75, 3.05) is 56.4 Å². The van der Waals surface area contributed by atoms with Gasteiger partial charge in [0.05, 0.1) is 26.9 Å². The third-order valence-electron chi connectivity index (χ3n) is 6.32. The number of nitrogens with two attached hydrogens (primary N) is 1. The molecule has 2 aliphatic heterocycles. The summed E-state index contributed by atoms with van der Waals surface area (Å²) in [6, 6.07) is 8.98. The molecule has 1 amide bonds. The highest BCUT2D eigenvalue weighted by Crippen LogP contribution is 2.34. The van der Waals surface area contributed by atoms with Crippen LogP contribution in [0.25, 0.3) is 0 Å². The van der Waals surface area contributed by atoms with Crippen LogP contribution in [0.5, 0.6) is 0 Å². The fourth-order valence-electron chi connectivity index (χ4n) is 4.25. The molecule has 12 nitrogen and oxygen atoms in total. The Balaban J connectivity index is 1.39. The van der Waals surface area contributed by atoms with Crippen LogP contribution in [0.15, 0.2) is 52.4 Å². The van der Waals surface area contributed by atoms with Crippen LogP contribution in [-0.2, 0) is 14.8 Å². The summed E-state index contributed by atoms with van der Waals surface area (Å²) in [4.78, 5) is 33.2. The number of piperazine rings is 1. The minimum Gasteiger partial charge on any atom is -0.480 e. The normalized spacial score (nSPS) is 16.8. The summed E-state index contributed by atoms with van der Waals surface area (Å²) in [5.74, 6) is -1.21. The summed E-state index contributed by atoms with van der Waals surface area (Å²) in [5, 5.41) is 15.3. The number of rotatable bonds is 8. The summed E-state index contributed by atoms with van der Waals surface area (Å²) in [6.07, 6.45) is 1.03. The number of carbonyl (C=O) groups excluding carboxylic acids is 1. The van der Waals surface area contributed by atoms with E-state index in [0.29, 0.717) is 18.8 Å². The zero-order chi connectivity index (χ0) is 27.3. The molecular formula is C24H30ClN7O5S. The molecule has 204 valence electrons. The second-order valence-corrected chi connectivity index (χ2v) is 10.9. The Hall–Kier alpha value is -3.55. The fraction of sp³-hybridized carbons (Fsp3) is 0.375. The van der Waals surface area contributed by atoms with Crippen LogP contribution in [-0.4, -0.2) is 88.1 Å². The Labute approximate surface area is 225 Å². The van der Waals surface area contributed by atoms with Crippen molar-refractivity contribution in [1.82, 2.24) is 20.3 Å². The largest absolute Gasteiger partial charge is 0.480 e. The molecular weight excluding hydrogens is 534 g/mol. The van der Waals surface area contributed by atoms with E-state index in [2.05, 4.69) is 30.1 Å². The lowest BCUT2D eigenvalue weighted by molar-refractivity contribution is -0.138. The number of halogens is 1. The van der Waals surface area contributed by atoms with Crippen molar-refractivity contribution in [2.24, 2.45) is 4.99 Å². The number of guanidine groups is 1. The molecule has 0 aliphatic carbocycles. The van der Waals surface area contributed by atoms with E-state index in [4.69, 9.17) is 17.3 Å². The smallest absolute Gasteiger partial charge is 0.323 e. The van der Waals surface area contributed by atoms with E-state index >= 15 is 0 Å². The molecule has 0 unspecified atom stereocenters. The summed E-state index contributed by atoms with van der Waals surface area (Å²) in [5.41, 5.74) is 7.28. The molecule has 0 saturated carbocycles. The molecule has 38 heavy (non-hydrogen) atoms. The lowest BCUT2D eigenvalue weighted by Gasteiger charge is -2.39. The molecule has 6 N–H and O–H groups in total. The Morgan fingerprint density at radius 3 is 2.42 bits per heavy atom. The maximum Gasteiger partial charge on any atom is 0.323 e. The van der Waals surface area contributed by atoms with Crippen LogP contribution in [0.1, 0.15) is 16.8 Å². The number of aliphatic carboxylic acids is 1. The van der Waals surface area contributed by atoms with E-state index in [-0.39, 0.29) is 21.2 Å². The molecule has 1 fully saturated rings. The van der Waals surface area contributed by atoms with Gasteiger partial charge in [0.25, 0.3) is 5.91 Å². The van der Waals surface area contributed by atoms with Gasteiger partial charge >= 0.3 is 5.97 Å². The number of amides is 1. The second-order valence-electron chi connectivity index (χ2n) is 8.85. The molecule has 2 aliphatic rings. The first-order valence-electron chi connectivity index (χ1n) is 12.1. The first kappa shape index (κ1) is 27.5. The molecule has 2 heterocycles. The minimum atomic E-state index is -4.11. The predicted molar refractivity (Wildman–Crippen MR) is 145 cm³/mol. The lowest BCUT2D eigenvalue weighted by Crippen LogP contribution is -2.53. The quantitative estimate of drug-likeness (QED) is 0.288. The molecule has 0 bridgehead atoms. The van der Waals surface area contributed by atoms with Crippen molar-refractivity contribution < 1.29 is 23.1 Å². The van der Waals surface area contributed by atoms with Crippen molar-refractivity contribution in [3.05, 3.63) is 53.1 Å². The van der Waals surface area contributed by atoms with Gasteiger partial charge in [0, 0.05) is 45.8 Å². The SMILES string of the molecule is Nc1c(N2CCN(C3=NCCCN3)CC2)ccc(C(=O)NC[C@H](NS(=O)(=O)c2ccccc2)C(=O)O)c1Cl. The molecule has 0 aromatic heterocycles. The number of hydrogen-bond donors (Lipinski definition) is 5. The van der Waals surface area contributed by atoms with Crippen LogP contribution >= 0.6 is 11.6 Å². The molecule has 2 aromatic rings. The molecule has 0 radical (unpaired) electrons. The van der Waals surface area contributed by atoms with Crippen molar-refractivity contribution in [3.63, 3.8) is 0 Å². The number of anilines is 2. The second kappa shape index (κ2) is 11.9. The number of sulfonamides is 1. The third kappa shape index (κ3) is 6.29. The van der Waals surface area contributed by atoms with Gasteiger partial charge in [-0.05, 0) is 30.7 Å². The summed E-state index contributed by atoms with van der Waals surface area (Å²) in [6.45, 7) is 4.11. The van der Waals surface area contributed by atoms with Crippen LogP contribution in [0.4, 0.5) is 11.4 Å². The van der Waals surface area contributed by atoms with Gasteiger partial charge in [-0.1, -0.05) is 29.8 Å². The molecule has 2 aromatic carbocycles. The highest BCUT2D eigenvalue weighted by molar-refractivity contribution is 7.89. The van der Waals surface area contributed by atoms with Gasteiger partial charge < -0.3 is 31.3 Å². The number of nitrogen functional groups attached to an aromatic ring is 1. The lowest BCUT2D eigenvalue weighted by atomic mass is 10.1. The summed E-state index contributed by atoms with van der Waals surface area (Å²) < 4.78 is 27.1. The minimum absolute atomic E-state index is 0.0393. The number of carboxylic acid groups (broad SMARTS) is 1. The van der Waals surface area contributed by atoms with Crippen LogP contribution < -0.4 is 26.0 Å². The van der Waals surface area contributed by atoms with Gasteiger partial charge in [-0.2, -0.15) is 4.72 Å². The predicted octanol–water partition coefficient (Wildman–Crippen LogP) is 0.555. The molecule has 4 rings (SSSR count). The number of nitrogens with one attached hydrogen (secondary N) is 3. The van der Waals surface area contributed by atoms with Crippen molar-refractivity contribution in [3.8, 4) is 0 Å². The highest BCUT2D eigenvalue weighted by Gasteiger charge is 2.27. The number of nitrogens with zero attached hydrogens (tertiary/aromatic N) is 3. The first-order valence-corrected chi connectivity index (χ1v) is 14.0. The van der Waals surface area contributed by atoms with Crippen molar-refractivity contribution in [2.45, 2.75) is 17.4 Å². The number of carboxylic acids is 1.